The molecule has 1 unspecified atom stereocenters. The van der Waals surface area contributed by atoms with Crippen LogP contribution in [0, 0.1) is 11.6 Å². The molecule has 1 aromatic heterocycles. The molecule has 0 saturated heterocycles. The zero-order valence-electron chi connectivity index (χ0n) is 14.1. The molecule has 1 atom stereocenters. The molecule has 2 aromatic carbocycles. The van der Waals surface area contributed by atoms with E-state index < -0.39 is 28.4 Å². The van der Waals surface area contributed by atoms with Gasteiger partial charge in [-0.2, -0.15) is 0 Å². The van der Waals surface area contributed by atoms with Crippen molar-refractivity contribution in [2.75, 3.05) is 5.32 Å². The van der Waals surface area contributed by atoms with Gasteiger partial charge in [-0.15, -0.1) is 10.2 Å². The van der Waals surface area contributed by atoms with Gasteiger partial charge in [-0.3, -0.25) is 14.6 Å². The van der Waals surface area contributed by atoms with Gasteiger partial charge in [0.2, 0.25) is 5.91 Å². The van der Waals surface area contributed by atoms with Gasteiger partial charge >= 0.3 is 0 Å². The van der Waals surface area contributed by atoms with Gasteiger partial charge in [0.05, 0.1) is 10.9 Å². The van der Waals surface area contributed by atoms with Gasteiger partial charge in [-0.05, 0) is 19.1 Å². The average molecular weight is 388 g/mol. The number of benzene rings is 2. The second-order valence-corrected chi connectivity index (χ2v) is 6.88. The van der Waals surface area contributed by atoms with E-state index in [4.69, 9.17) is 0 Å². The van der Waals surface area contributed by atoms with Crippen molar-refractivity contribution in [2.24, 2.45) is 0 Å². The zero-order valence-corrected chi connectivity index (χ0v) is 14.9. The number of nitrogens with zero attached hydrogens (tertiary/aromatic N) is 2. The highest BCUT2D eigenvalue weighted by Crippen LogP contribution is 2.22. The lowest BCUT2D eigenvalue weighted by molar-refractivity contribution is -0.115. The van der Waals surface area contributed by atoms with E-state index in [9.17, 15) is 18.4 Å². The summed E-state index contributed by atoms with van der Waals surface area (Å²) < 4.78 is 26.8. The monoisotopic (exact) mass is 388 g/mol. The molecule has 138 valence electrons. The SMILES string of the molecule is CC(Sc1nnc(-c2ccccc2)c(=O)[nH]1)C(=O)Nc1cc(F)ccc1F. The highest BCUT2D eigenvalue weighted by Gasteiger charge is 2.18. The summed E-state index contributed by atoms with van der Waals surface area (Å²) in [7, 11) is 0. The van der Waals surface area contributed by atoms with E-state index in [2.05, 4.69) is 20.5 Å². The van der Waals surface area contributed by atoms with Crippen molar-refractivity contribution in [1.82, 2.24) is 15.2 Å². The predicted octanol–water partition coefficient (Wildman–Crippen LogP) is 3.23. The molecule has 2 N–H and O–H groups in total. The van der Waals surface area contributed by atoms with Crippen LogP contribution in [0.25, 0.3) is 11.3 Å². The number of hydrogen-bond acceptors (Lipinski definition) is 5. The Bertz CT molecular complexity index is 1030. The first-order chi connectivity index (χ1) is 12.9. The van der Waals surface area contributed by atoms with Gasteiger partial charge in [0.25, 0.3) is 5.56 Å². The Morgan fingerprint density at radius 1 is 1.15 bits per heavy atom. The Morgan fingerprint density at radius 2 is 1.89 bits per heavy atom. The minimum absolute atomic E-state index is 0.141. The Labute approximate surface area is 157 Å². The van der Waals surface area contributed by atoms with Gasteiger partial charge in [0.15, 0.2) is 10.9 Å². The summed E-state index contributed by atoms with van der Waals surface area (Å²) in [6.45, 7) is 1.54. The number of carbonyl (C=O) groups excluding carboxylic acids is 1. The predicted molar refractivity (Wildman–Crippen MR) is 98.4 cm³/mol. The number of carbonyl (C=O) groups is 1. The first-order valence-corrected chi connectivity index (χ1v) is 8.77. The van der Waals surface area contributed by atoms with E-state index in [0.29, 0.717) is 5.56 Å². The molecule has 27 heavy (non-hydrogen) atoms. The van der Waals surface area contributed by atoms with Crippen LogP contribution >= 0.6 is 11.8 Å². The van der Waals surface area contributed by atoms with E-state index in [0.717, 1.165) is 30.0 Å². The summed E-state index contributed by atoms with van der Waals surface area (Å²) in [4.78, 5) is 27.0. The molecule has 0 saturated carbocycles. The van der Waals surface area contributed by atoms with Crippen LogP contribution in [-0.4, -0.2) is 26.3 Å². The lowest BCUT2D eigenvalue weighted by Crippen LogP contribution is -2.24. The normalized spacial score (nSPS) is 11.8. The Balaban J connectivity index is 1.71. The largest absolute Gasteiger partial charge is 0.323 e. The molecule has 6 nitrogen and oxygen atoms in total. The molecule has 0 aliphatic heterocycles. The van der Waals surface area contributed by atoms with Crippen LogP contribution in [0.5, 0.6) is 0 Å². The van der Waals surface area contributed by atoms with Crippen LogP contribution < -0.4 is 10.9 Å². The number of aromatic amines is 1. The molecule has 0 aliphatic carbocycles. The second-order valence-electron chi connectivity index (χ2n) is 5.55. The maximum absolute atomic E-state index is 13.6. The number of aromatic nitrogens is 3. The van der Waals surface area contributed by atoms with Crippen LogP contribution in [0.1, 0.15) is 6.92 Å². The Kier molecular flexibility index (Phi) is 5.60. The average Bonchev–Trinajstić information content (AvgIpc) is 2.65. The number of halogens is 2. The van der Waals surface area contributed by atoms with Crippen LogP contribution in [0.3, 0.4) is 0 Å². The van der Waals surface area contributed by atoms with Crippen molar-refractivity contribution < 1.29 is 13.6 Å². The highest BCUT2D eigenvalue weighted by atomic mass is 32.2. The van der Waals surface area contributed by atoms with Crippen molar-refractivity contribution in [3.8, 4) is 11.3 Å². The Hall–Kier alpha value is -3.07. The molecule has 0 aliphatic rings. The van der Waals surface area contributed by atoms with Crippen LogP contribution in [0.4, 0.5) is 14.5 Å². The fourth-order valence-corrected chi connectivity index (χ4v) is 2.95. The van der Waals surface area contributed by atoms with Crippen molar-refractivity contribution in [2.45, 2.75) is 17.3 Å². The fourth-order valence-electron chi connectivity index (χ4n) is 2.21. The van der Waals surface area contributed by atoms with E-state index in [1.165, 1.54) is 0 Å². The molecule has 3 rings (SSSR count). The highest BCUT2D eigenvalue weighted by molar-refractivity contribution is 8.00. The van der Waals surface area contributed by atoms with Gasteiger partial charge in [0.1, 0.15) is 11.6 Å². The summed E-state index contributed by atoms with van der Waals surface area (Å²) >= 11 is 0.942. The topological polar surface area (TPSA) is 87.7 Å². The molecular weight excluding hydrogens is 374 g/mol. The minimum Gasteiger partial charge on any atom is -0.323 e. The lowest BCUT2D eigenvalue weighted by atomic mass is 10.2. The third-order valence-electron chi connectivity index (χ3n) is 3.57. The summed E-state index contributed by atoms with van der Waals surface area (Å²) in [6, 6.07) is 11.6. The van der Waals surface area contributed by atoms with Crippen molar-refractivity contribution in [1.29, 1.82) is 0 Å². The summed E-state index contributed by atoms with van der Waals surface area (Å²) in [5.41, 5.74) is 0.0861. The van der Waals surface area contributed by atoms with Crippen LogP contribution in [0.15, 0.2) is 58.5 Å². The van der Waals surface area contributed by atoms with Crippen molar-refractivity contribution >= 4 is 23.4 Å². The minimum atomic E-state index is -0.748. The maximum atomic E-state index is 13.6. The number of nitrogens with one attached hydrogen (secondary N) is 2. The molecule has 0 spiro atoms. The number of anilines is 1. The molecule has 0 bridgehead atoms. The van der Waals surface area contributed by atoms with Crippen LogP contribution in [0.2, 0.25) is 0 Å². The number of rotatable bonds is 5. The molecule has 1 amide bonds. The number of hydrogen-bond donors (Lipinski definition) is 2. The standard InChI is InChI=1S/C18H14F2N4O2S/c1-10(16(25)21-14-9-12(19)7-8-13(14)20)27-18-22-17(26)15(23-24-18)11-5-3-2-4-6-11/h2-10H,1H3,(H,21,25)(H,22,24,26). The Morgan fingerprint density at radius 3 is 2.59 bits per heavy atom. The number of H-pyrrole nitrogens is 1. The maximum Gasteiger partial charge on any atom is 0.278 e. The molecule has 3 aromatic rings. The second kappa shape index (κ2) is 8.09. The van der Waals surface area contributed by atoms with E-state index in [1.54, 1.807) is 31.2 Å². The first-order valence-electron chi connectivity index (χ1n) is 7.89. The van der Waals surface area contributed by atoms with Crippen molar-refractivity contribution in [3.05, 3.63) is 70.5 Å². The van der Waals surface area contributed by atoms with E-state index >= 15 is 0 Å². The zero-order chi connectivity index (χ0) is 19.4. The number of thioether (sulfide) groups is 1. The summed E-state index contributed by atoms with van der Waals surface area (Å²) in [5, 5.41) is 9.55. The van der Waals surface area contributed by atoms with Crippen LogP contribution in [-0.2, 0) is 4.79 Å². The van der Waals surface area contributed by atoms with Gasteiger partial charge in [0, 0.05) is 11.6 Å². The molecule has 0 fully saturated rings. The van der Waals surface area contributed by atoms with Gasteiger partial charge in [-0.1, -0.05) is 42.1 Å². The fraction of sp³-hybridized carbons (Fsp3) is 0.111. The molecule has 1 heterocycles. The van der Waals surface area contributed by atoms with E-state index in [1.807, 2.05) is 6.07 Å². The lowest BCUT2D eigenvalue weighted by Gasteiger charge is -2.12. The summed E-state index contributed by atoms with van der Waals surface area (Å²) in [6.07, 6.45) is 0. The molecule has 0 radical (unpaired) electrons. The molecular formula is C18H14F2N4O2S. The van der Waals surface area contributed by atoms with E-state index in [-0.39, 0.29) is 16.5 Å². The first kappa shape index (κ1) is 18.7. The smallest absolute Gasteiger partial charge is 0.278 e. The number of amides is 1. The van der Waals surface area contributed by atoms with Crippen molar-refractivity contribution in [3.63, 3.8) is 0 Å². The third-order valence-corrected chi connectivity index (χ3v) is 4.54. The van der Waals surface area contributed by atoms with Gasteiger partial charge in [-0.25, -0.2) is 8.78 Å². The quantitative estimate of drug-likeness (QED) is 0.655. The third kappa shape index (κ3) is 4.56. The molecule has 9 heteroatoms. The van der Waals surface area contributed by atoms with Gasteiger partial charge < -0.3 is 5.32 Å². The summed E-state index contributed by atoms with van der Waals surface area (Å²) in [5.74, 6) is -1.99.